The van der Waals surface area contributed by atoms with Crippen LogP contribution in [0.1, 0.15) is 33.6 Å². The predicted molar refractivity (Wildman–Crippen MR) is 48.2 cm³/mol. The fourth-order valence-electron chi connectivity index (χ4n) is 2.94. The lowest BCUT2D eigenvalue weighted by molar-refractivity contribution is -0.126. The number of hydrogen-bond acceptors (Lipinski definition) is 1. The van der Waals surface area contributed by atoms with Crippen molar-refractivity contribution in [2.24, 2.45) is 16.7 Å². The zero-order valence-electron chi connectivity index (χ0n) is 8.29. The number of ketones is 1. The van der Waals surface area contributed by atoms with E-state index in [4.69, 9.17) is 5.53 Å². The molecule has 2 bridgehead atoms. The minimum atomic E-state index is -0.292. The van der Waals surface area contributed by atoms with Crippen molar-refractivity contribution in [1.29, 1.82) is 0 Å². The van der Waals surface area contributed by atoms with Gasteiger partial charge in [-0.2, -0.15) is 4.79 Å². The Morgan fingerprint density at radius 3 is 2.38 bits per heavy atom. The van der Waals surface area contributed by atoms with Crippen LogP contribution in [-0.4, -0.2) is 16.3 Å². The number of hydrogen-bond donors (Lipinski definition) is 0. The van der Waals surface area contributed by atoms with Gasteiger partial charge in [-0.3, -0.25) is 4.79 Å². The third kappa shape index (κ3) is 0.696. The van der Waals surface area contributed by atoms with Crippen molar-refractivity contribution in [1.82, 2.24) is 0 Å². The topological polar surface area (TPSA) is 53.5 Å². The molecule has 0 N–H and O–H groups in total. The molecular formula is C10H14N2O. The molecule has 0 aromatic carbocycles. The first kappa shape index (κ1) is 8.64. The summed E-state index contributed by atoms with van der Waals surface area (Å²) in [5.41, 5.74) is 8.85. The van der Waals surface area contributed by atoms with E-state index in [9.17, 15) is 4.79 Å². The maximum atomic E-state index is 11.8. The van der Waals surface area contributed by atoms with Crippen LogP contribution in [0.3, 0.4) is 0 Å². The molecule has 0 aliphatic heterocycles. The van der Waals surface area contributed by atoms with E-state index in [0.29, 0.717) is 5.71 Å². The lowest BCUT2D eigenvalue weighted by Crippen LogP contribution is -2.33. The summed E-state index contributed by atoms with van der Waals surface area (Å²) in [5, 5.41) is 0. The van der Waals surface area contributed by atoms with E-state index >= 15 is 0 Å². The molecule has 0 saturated heterocycles. The summed E-state index contributed by atoms with van der Waals surface area (Å²) in [6, 6.07) is 0. The van der Waals surface area contributed by atoms with Gasteiger partial charge in [0.05, 0.1) is 5.92 Å². The van der Waals surface area contributed by atoms with Gasteiger partial charge in [0, 0.05) is 5.41 Å². The number of carbonyl (C=O) groups is 1. The molecule has 2 fully saturated rings. The first-order valence-corrected chi connectivity index (χ1v) is 4.72. The summed E-state index contributed by atoms with van der Waals surface area (Å²) in [6.45, 7) is 6.19. The monoisotopic (exact) mass is 178 g/mol. The molecule has 0 amide bonds. The number of Topliss-reactive ketones (excluding diaryl/α,β-unsaturated/α-hetero) is 1. The van der Waals surface area contributed by atoms with Crippen molar-refractivity contribution in [3.8, 4) is 0 Å². The van der Waals surface area contributed by atoms with Gasteiger partial charge in [-0.15, -0.1) is 0 Å². The first-order valence-electron chi connectivity index (χ1n) is 4.72. The molecule has 0 radical (unpaired) electrons. The van der Waals surface area contributed by atoms with Gasteiger partial charge in [-0.25, -0.2) is 0 Å². The second-order valence-electron chi connectivity index (χ2n) is 4.96. The van der Waals surface area contributed by atoms with E-state index in [-0.39, 0.29) is 22.5 Å². The fraction of sp³-hybridized carbons (Fsp3) is 0.800. The lowest BCUT2D eigenvalue weighted by Gasteiger charge is -2.30. The Kier molecular flexibility index (Phi) is 1.40. The van der Waals surface area contributed by atoms with Gasteiger partial charge in [0.15, 0.2) is 0 Å². The largest absolute Gasteiger partial charge is 0.361 e. The quantitative estimate of drug-likeness (QED) is 0.411. The van der Waals surface area contributed by atoms with Gasteiger partial charge in [-0.05, 0) is 18.3 Å². The zero-order valence-corrected chi connectivity index (χ0v) is 8.29. The van der Waals surface area contributed by atoms with Crippen molar-refractivity contribution in [2.75, 3.05) is 0 Å². The van der Waals surface area contributed by atoms with E-state index in [2.05, 4.69) is 18.6 Å². The molecule has 2 aliphatic carbocycles. The maximum Gasteiger partial charge on any atom is 0.338 e. The van der Waals surface area contributed by atoms with Crippen LogP contribution in [0.2, 0.25) is 0 Å². The first-order chi connectivity index (χ1) is 5.95. The lowest BCUT2D eigenvalue weighted by atomic mass is 9.70. The van der Waals surface area contributed by atoms with Crippen LogP contribution in [0.15, 0.2) is 0 Å². The molecule has 0 heterocycles. The molecular weight excluding hydrogens is 164 g/mol. The highest BCUT2D eigenvalue weighted by atomic mass is 16.1. The summed E-state index contributed by atoms with van der Waals surface area (Å²) >= 11 is 0. The Hall–Kier alpha value is -0.950. The average molecular weight is 178 g/mol. The number of carbonyl (C=O) groups excluding carboxylic acids is 1. The summed E-state index contributed by atoms with van der Waals surface area (Å²) in [4.78, 5) is 15.0. The normalized spacial score (nSPS) is 41.0. The van der Waals surface area contributed by atoms with Gasteiger partial charge in [-0.1, -0.05) is 20.8 Å². The van der Waals surface area contributed by atoms with Crippen LogP contribution in [0.25, 0.3) is 5.53 Å². The summed E-state index contributed by atoms with van der Waals surface area (Å²) in [7, 11) is 0. The molecule has 70 valence electrons. The standard InChI is InChI=1S/C10H14N2O/c1-9(2)6-4-5-10(9,3)8(13)7(6)12-11/h6H,4-5H2,1-3H3/t6-,10+/m1/s1. The number of fused-ring (bicyclic) bond motifs is 2. The van der Waals surface area contributed by atoms with Gasteiger partial charge in [0.2, 0.25) is 5.78 Å². The van der Waals surface area contributed by atoms with Gasteiger partial charge >= 0.3 is 5.71 Å². The molecule has 2 saturated carbocycles. The predicted octanol–water partition coefficient (Wildman–Crippen LogP) is 1.68. The third-order valence-electron chi connectivity index (χ3n) is 4.40. The molecule has 2 aliphatic rings. The van der Waals surface area contributed by atoms with E-state index in [1.807, 2.05) is 6.92 Å². The zero-order chi connectivity index (χ0) is 9.85. The minimum absolute atomic E-state index is 0.0361. The van der Waals surface area contributed by atoms with Gasteiger partial charge < -0.3 is 5.53 Å². The Balaban J connectivity index is 2.64. The molecule has 0 spiro atoms. The van der Waals surface area contributed by atoms with Crippen LogP contribution in [0.4, 0.5) is 0 Å². The average Bonchev–Trinajstić information content (AvgIpc) is 2.36. The van der Waals surface area contributed by atoms with Crippen molar-refractivity contribution in [3.05, 3.63) is 5.53 Å². The van der Waals surface area contributed by atoms with Crippen molar-refractivity contribution in [3.63, 3.8) is 0 Å². The highest BCUT2D eigenvalue weighted by Crippen LogP contribution is 2.61. The molecule has 3 heteroatoms. The van der Waals surface area contributed by atoms with E-state index in [1.54, 1.807) is 0 Å². The van der Waals surface area contributed by atoms with Crippen molar-refractivity contribution < 1.29 is 9.58 Å². The highest BCUT2D eigenvalue weighted by Gasteiger charge is 2.69. The maximum absolute atomic E-state index is 11.8. The molecule has 0 aromatic heterocycles. The molecule has 13 heavy (non-hydrogen) atoms. The summed E-state index contributed by atoms with van der Waals surface area (Å²) in [5.74, 6) is 0.214. The van der Waals surface area contributed by atoms with Crippen molar-refractivity contribution >= 4 is 11.5 Å². The molecule has 0 unspecified atom stereocenters. The SMILES string of the molecule is CC1(C)[C@@H]2CC[C@@]1(C)C(=O)C2=[N+]=[N-]. The molecule has 3 nitrogen and oxygen atoms in total. The Bertz CT molecular complexity index is 339. The second-order valence-corrected chi connectivity index (χ2v) is 4.96. The van der Waals surface area contributed by atoms with Crippen LogP contribution < -0.4 is 0 Å². The Labute approximate surface area is 77.8 Å². The molecule has 2 atom stereocenters. The molecule has 0 aromatic rings. The third-order valence-corrected chi connectivity index (χ3v) is 4.40. The Morgan fingerprint density at radius 2 is 2.08 bits per heavy atom. The van der Waals surface area contributed by atoms with Crippen LogP contribution in [0, 0.1) is 16.7 Å². The minimum Gasteiger partial charge on any atom is -0.361 e. The van der Waals surface area contributed by atoms with Crippen LogP contribution in [-0.2, 0) is 4.79 Å². The van der Waals surface area contributed by atoms with Gasteiger partial charge in [0.1, 0.15) is 0 Å². The van der Waals surface area contributed by atoms with E-state index in [0.717, 1.165) is 12.8 Å². The summed E-state index contributed by atoms with van der Waals surface area (Å²) < 4.78 is 0. The Morgan fingerprint density at radius 1 is 1.46 bits per heavy atom. The number of rotatable bonds is 0. The fourth-order valence-corrected chi connectivity index (χ4v) is 2.94. The van der Waals surface area contributed by atoms with Crippen LogP contribution >= 0.6 is 0 Å². The van der Waals surface area contributed by atoms with Crippen molar-refractivity contribution in [2.45, 2.75) is 33.6 Å². The smallest absolute Gasteiger partial charge is 0.338 e. The van der Waals surface area contributed by atoms with E-state index < -0.39 is 0 Å². The summed E-state index contributed by atoms with van der Waals surface area (Å²) in [6.07, 6.45) is 1.91. The second kappa shape index (κ2) is 2.10. The highest BCUT2D eigenvalue weighted by molar-refractivity contribution is 6.43. The van der Waals surface area contributed by atoms with Crippen LogP contribution in [0.5, 0.6) is 0 Å². The number of nitrogens with zero attached hydrogens (tertiary/aromatic N) is 2. The molecule has 2 rings (SSSR count). The van der Waals surface area contributed by atoms with E-state index in [1.165, 1.54) is 0 Å². The van der Waals surface area contributed by atoms with Gasteiger partial charge in [0.25, 0.3) is 0 Å².